The average molecular weight is 185 g/mol. The summed E-state index contributed by atoms with van der Waals surface area (Å²) in [5.74, 6) is -0.101. The zero-order valence-corrected chi connectivity index (χ0v) is 7.61. The lowest BCUT2D eigenvalue weighted by Crippen LogP contribution is -2.32. The Morgan fingerprint density at radius 3 is 2.85 bits per heavy atom. The third-order valence-electron chi connectivity index (χ3n) is 1.91. The Morgan fingerprint density at radius 2 is 2.31 bits per heavy atom. The second-order valence-electron chi connectivity index (χ2n) is 2.84. The minimum absolute atomic E-state index is 0.00211. The Kier molecular flexibility index (Phi) is 3.13. The second kappa shape index (κ2) is 4.13. The number of aliphatic hydroxyl groups excluding tert-OH is 1. The van der Waals surface area contributed by atoms with Crippen molar-refractivity contribution < 1.29 is 9.50 Å². The van der Waals surface area contributed by atoms with Gasteiger partial charge in [-0.2, -0.15) is 4.39 Å². The molecule has 0 aliphatic heterocycles. The number of aromatic nitrogens is 2. The van der Waals surface area contributed by atoms with E-state index in [1.54, 1.807) is 11.9 Å². The molecule has 72 valence electrons. The molecule has 5 heteroatoms. The summed E-state index contributed by atoms with van der Waals surface area (Å²) < 4.78 is 12.7. The van der Waals surface area contributed by atoms with Crippen molar-refractivity contribution in [3.8, 4) is 0 Å². The first-order valence-electron chi connectivity index (χ1n) is 3.96. The van der Waals surface area contributed by atoms with Crippen LogP contribution in [0.3, 0.4) is 0 Å². The summed E-state index contributed by atoms with van der Waals surface area (Å²) in [4.78, 5) is 8.90. The van der Waals surface area contributed by atoms with Gasteiger partial charge in [-0.05, 0) is 6.92 Å². The van der Waals surface area contributed by atoms with E-state index in [4.69, 9.17) is 5.11 Å². The van der Waals surface area contributed by atoms with Crippen LogP contribution in [-0.2, 0) is 0 Å². The van der Waals surface area contributed by atoms with Crippen molar-refractivity contribution in [3.05, 3.63) is 18.3 Å². The van der Waals surface area contributed by atoms with Crippen molar-refractivity contribution in [2.45, 2.75) is 13.0 Å². The molecule has 4 nitrogen and oxygen atoms in total. The molecule has 1 rings (SSSR count). The van der Waals surface area contributed by atoms with Crippen LogP contribution >= 0.6 is 0 Å². The quantitative estimate of drug-likeness (QED) is 0.694. The van der Waals surface area contributed by atoms with Crippen LogP contribution in [0.4, 0.5) is 10.2 Å². The molecule has 13 heavy (non-hydrogen) atoms. The van der Waals surface area contributed by atoms with Crippen molar-refractivity contribution in [2.24, 2.45) is 0 Å². The molecular weight excluding hydrogens is 173 g/mol. The van der Waals surface area contributed by atoms with Crippen LogP contribution in [0.25, 0.3) is 0 Å². The fourth-order valence-corrected chi connectivity index (χ4v) is 0.865. The number of rotatable bonds is 3. The van der Waals surface area contributed by atoms with Crippen LogP contribution in [0, 0.1) is 5.95 Å². The molecule has 0 aromatic carbocycles. The van der Waals surface area contributed by atoms with Gasteiger partial charge in [0.05, 0.1) is 12.6 Å². The van der Waals surface area contributed by atoms with Crippen LogP contribution in [0.2, 0.25) is 0 Å². The second-order valence-corrected chi connectivity index (χ2v) is 2.84. The maximum Gasteiger partial charge on any atom is 0.218 e. The highest BCUT2D eigenvalue weighted by atomic mass is 19.1. The van der Waals surface area contributed by atoms with Gasteiger partial charge in [-0.1, -0.05) is 0 Å². The van der Waals surface area contributed by atoms with E-state index < -0.39 is 5.95 Å². The smallest absolute Gasteiger partial charge is 0.218 e. The highest BCUT2D eigenvalue weighted by Crippen LogP contribution is 2.10. The van der Waals surface area contributed by atoms with Crippen LogP contribution in [0.5, 0.6) is 0 Å². The number of halogens is 1. The van der Waals surface area contributed by atoms with Gasteiger partial charge in [-0.25, -0.2) is 9.97 Å². The topological polar surface area (TPSA) is 49.2 Å². The number of nitrogens with zero attached hydrogens (tertiary/aromatic N) is 3. The Hall–Kier alpha value is -1.23. The predicted octanol–water partition coefficient (Wildman–Crippen LogP) is 0.433. The van der Waals surface area contributed by atoms with E-state index in [9.17, 15) is 4.39 Å². The third-order valence-corrected chi connectivity index (χ3v) is 1.91. The van der Waals surface area contributed by atoms with Crippen molar-refractivity contribution in [3.63, 3.8) is 0 Å². The monoisotopic (exact) mass is 185 g/mol. The van der Waals surface area contributed by atoms with Gasteiger partial charge in [0.1, 0.15) is 12.1 Å². The molecule has 0 saturated carbocycles. The van der Waals surface area contributed by atoms with Gasteiger partial charge in [0.25, 0.3) is 0 Å². The third kappa shape index (κ3) is 2.35. The molecule has 0 aliphatic rings. The molecule has 1 unspecified atom stereocenters. The summed E-state index contributed by atoms with van der Waals surface area (Å²) >= 11 is 0. The van der Waals surface area contributed by atoms with E-state index in [1.807, 2.05) is 6.92 Å². The molecule has 1 aromatic rings. The van der Waals surface area contributed by atoms with Gasteiger partial charge < -0.3 is 10.0 Å². The molecule has 0 bridgehead atoms. The van der Waals surface area contributed by atoms with Crippen molar-refractivity contribution >= 4 is 5.82 Å². The zero-order chi connectivity index (χ0) is 9.84. The largest absolute Gasteiger partial charge is 0.394 e. The predicted molar refractivity (Wildman–Crippen MR) is 46.9 cm³/mol. The normalized spacial score (nSPS) is 12.6. The Bertz CT molecular complexity index is 282. The summed E-state index contributed by atoms with van der Waals surface area (Å²) in [6, 6.07) is 1.14. The van der Waals surface area contributed by atoms with Crippen LogP contribution in [-0.4, -0.2) is 34.8 Å². The van der Waals surface area contributed by atoms with E-state index >= 15 is 0 Å². The fraction of sp³-hybridized carbons (Fsp3) is 0.500. The van der Waals surface area contributed by atoms with Gasteiger partial charge in [-0.3, -0.25) is 0 Å². The lowest BCUT2D eigenvalue weighted by Gasteiger charge is -2.23. The summed E-state index contributed by atoms with van der Waals surface area (Å²) in [5.41, 5.74) is 0. The molecule has 1 atom stereocenters. The molecule has 0 radical (unpaired) electrons. The molecule has 1 heterocycles. The van der Waals surface area contributed by atoms with Gasteiger partial charge in [-0.15, -0.1) is 0 Å². The molecule has 0 fully saturated rings. The van der Waals surface area contributed by atoms with E-state index in [0.29, 0.717) is 5.82 Å². The first-order valence-corrected chi connectivity index (χ1v) is 3.96. The number of hydrogen-bond acceptors (Lipinski definition) is 4. The van der Waals surface area contributed by atoms with Crippen molar-refractivity contribution in [2.75, 3.05) is 18.6 Å². The van der Waals surface area contributed by atoms with E-state index in [2.05, 4.69) is 9.97 Å². The van der Waals surface area contributed by atoms with Gasteiger partial charge in [0, 0.05) is 13.1 Å². The molecule has 0 spiro atoms. The van der Waals surface area contributed by atoms with Crippen LogP contribution in [0.1, 0.15) is 6.92 Å². The fourth-order valence-electron chi connectivity index (χ4n) is 0.865. The summed E-state index contributed by atoms with van der Waals surface area (Å²) in [6.45, 7) is 1.82. The zero-order valence-electron chi connectivity index (χ0n) is 7.61. The molecule has 1 N–H and O–H groups in total. The Balaban J connectivity index is 2.82. The highest BCUT2D eigenvalue weighted by Gasteiger charge is 2.10. The number of hydrogen-bond donors (Lipinski definition) is 1. The van der Waals surface area contributed by atoms with Crippen LogP contribution in [0.15, 0.2) is 12.4 Å². The average Bonchev–Trinajstić information content (AvgIpc) is 2.15. The Labute approximate surface area is 76.1 Å². The van der Waals surface area contributed by atoms with Gasteiger partial charge >= 0.3 is 0 Å². The first-order chi connectivity index (χ1) is 6.15. The number of likely N-dealkylation sites (N-methyl/N-ethyl adjacent to an activating group) is 1. The SMILES string of the molecule is CC(CO)N(C)c1cc(F)ncn1. The van der Waals surface area contributed by atoms with Crippen molar-refractivity contribution in [1.29, 1.82) is 0 Å². The molecule has 0 saturated heterocycles. The standard InChI is InChI=1S/C8H12FN3O/c1-6(4-13)12(2)8-3-7(9)10-5-11-8/h3,5-6,13H,4H2,1-2H3. The van der Waals surface area contributed by atoms with Gasteiger partial charge in [0.15, 0.2) is 0 Å². The van der Waals surface area contributed by atoms with E-state index in [1.165, 1.54) is 6.07 Å². The molecule has 0 aliphatic carbocycles. The van der Waals surface area contributed by atoms with Crippen molar-refractivity contribution in [1.82, 2.24) is 9.97 Å². The molecule has 1 aromatic heterocycles. The lowest BCUT2D eigenvalue weighted by molar-refractivity contribution is 0.269. The first kappa shape index (κ1) is 9.85. The highest BCUT2D eigenvalue weighted by molar-refractivity contribution is 5.36. The minimum Gasteiger partial charge on any atom is -0.394 e. The lowest BCUT2D eigenvalue weighted by atomic mass is 10.3. The summed E-state index contributed by atoms with van der Waals surface area (Å²) in [6.07, 6.45) is 1.16. The number of anilines is 1. The van der Waals surface area contributed by atoms with E-state index in [0.717, 1.165) is 6.33 Å². The minimum atomic E-state index is -0.568. The van der Waals surface area contributed by atoms with Crippen LogP contribution < -0.4 is 4.90 Å². The summed E-state index contributed by atoms with van der Waals surface area (Å²) in [7, 11) is 1.74. The molecule has 0 amide bonds. The summed E-state index contributed by atoms with van der Waals surface area (Å²) in [5, 5.41) is 8.86. The van der Waals surface area contributed by atoms with Gasteiger partial charge in [0.2, 0.25) is 5.95 Å². The number of aliphatic hydroxyl groups is 1. The maximum absolute atomic E-state index is 12.7. The van der Waals surface area contributed by atoms with E-state index in [-0.39, 0.29) is 12.6 Å². The Morgan fingerprint density at radius 1 is 1.62 bits per heavy atom. The molecular formula is C8H12FN3O. The maximum atomic E-state index is 12.7.